The van der Waals surface area contributed by atoms with Gasteiger partial charge in [0.15, 0.2) is 5.58 Å². The van der Waals surface area contributed by atoms with Gasteiger partial charge in [-0.1, -0.05) is 5.16 Å². The highest BCUT2D eigenvalue weighted by Crippen LogP contribution is 2.22. The molecule has 0 amide bonds. The van der Waals surface area contributed by atoms with E-state index in [0.29, 0.717) is 10.9 Å². The van der Waals surface area contributed by atoms with Crippen molar-refractivity contribution in [3.63, 3.8) is 0 Å². The quantitative estimate of drug-likeness (QED) is 0.685. The van der Waals surface area contributed by atoms with Crippen LogP contribution in [-0.2, 0) is 9.09 Å². The van der Waals surface area contributed by atoms with Crippen molar-refractivity contribution in [2.45, 2.75) is 0 Å². The van der Waals surface area contributed by atoms with Gasteiger partial charge in [0.05, 0.1) is 6.20 Å². The molecule has 0 fully saturated rings. The van der Waals surface area contributed by atoms with Gasteiger partial charge in [0.25, 0.3) is 0 Å². The first kappa shape index (κ1) is 8.48. The molecule has 0 radical (unpaired) electrons. The van der Waals surface area contributed by atoms with E-state index in [1.54, 1.807) is 24.4 Å². The Kier molecular flexibility index (Phi) is 2.17. The second-order valence-electron chi connectivity index (χ2n) is 2.57. The summed E-state index contributed by atoms with van der Waals surface area (Å²) in [5, 5.41) is 5.15. The van der Waals surface area contributed by atoms with Crippen LogP contribution in [0.15, 0.2) is 28.9 Å². The first-order valence-electron chi connectivity index (χ1n) is 3.74. The van der Waals surface area contributed by atoms with Crippen LogP contribution in [0.5, 0.6) is 0 Å². The van der Waals surface area contributed by atoms with Crippen LogP contribution >= 0.6 is 8.03 Å². The number of fused-ring (bicyclic) bond motifs is 1. The number of nitrogens with zero attached hydrogens (tertiary/aromatic N) is 1. The number of hydrogen-bond acceptors (Lipinski definition) is 4. The Hall–Kier alpha value is -1.12. The Bertz CT molecular complexity index is 451. The fourth-order valence-electron chi connectivity index (χ4n) is 1.12. The minimum absolute atomic E-state index is 0.684. The van der Waals surface area contributed by atoms with Gasteiger partial charge in [0.2, 0.25) is 8.03 Å². The zero-order valence-electron chi connectivity index (χ0n) is 6.98. The average Bonchev–Trinajstić information content (AvgIpc) is 2.63. The summed E-state index contributed by atoms with van der Waals surface area (Å²) in [5.41, 5.74) is 0.689. The Balaban J connectivity index is 2.54. The maximum atomic E-state index is 11.3. The van der Waals surface area contributed by atoms with Gasteiger partial charge in [-0.05, 0) is 18.2 Å². The highest BCUT2D eigenvalue weighted by atomic mass is 31.1. The molecule has 0 aliphatic carbocycles. The number of aromatic nitrogens is 1. The largest absolute Gasteiger partial charge is 0.356 e. The molecule has 1 unspecified atom stereocenters. The van der Waals surface area contributed by atoms with E-state index in [9.17, 15) is 4.57 Å². The summed E-state index contributed by atoms with van der Waals surface area (Å²) in [6, 6.07) is 5.22. The molecule has 0 bridgehead atoms. The van der Waals surface area contributed by atoms with Crippen LogP contribution in [-0.4, -0.2) is 12.3 Å². The van der Waals surface area contributed by atoms with E-state index >= 15 is 0 Å². The Morgan fingerprint density at radius 1 is 1.54 bits per heavy atom. The van der Waals surface area contributed by atoms with Gasteiger partial charge in [-0.15, -0.1) is 0 Å². The van der Waals surface area contributed by atoms with E-state index in [2.05, 4.69) is 5.16 Å². The summed E-state index contributed by atoms with van der Waals surface area (Å²) in [6.45, 7) is 0. The topological polar surface area (TPSA) is 52.3 Å². The molecule has 0 aliphatic heterocycles. The lowest BCUT2D eigenvalue weighted by Gasteiger charge is -1.97. The van der Waals surface area contributed by atoms with Crippen molar-refractivity contribution in [2.75, 3.05) is 7.11 Å². The summed E-state index contributed by atoms with van der Waals surface area (Å²) < 4.78 is 21.0. The Morgan fingerprint density at radius 2 is 2.38 bits per heavy atom. The van der Waals surface area contributed by atoms with Crippen LogP contribution in [0.3, 0.4) is 0 Å². The zero-order chi connectivity index (χ0) is 9.26. The maximum Gasteiger partial charge on any atom is 0.220 e. The summed E-state index contributed by atoms with van der Waals surface area (Å²) >= 11 is 0. The predicted molar refractivity (Wildman–Crippen MR) is 49.7 cm³/mol. The summed E-state index contributed by atoms with van der Waals surface area (Å²) in [5.74, 6) is 0. The van der Waals surface area contributed by atoms with Crippen LogP contribution in [0.1, 0.15) is 0 Å². The van der Waals surface area contributed by atoms with E-state index in [4.69, 9.17) is 9.05 Å². The molecule has 2 aromatic rings. The van der Waals surface area contributed by atoms with Gasteiger partial charge in [-0.25, -0.2) is 0 Å². The van der Waals surface area contributed by atoms with Gasteiger partial charge < -0.3 is 9.05 Å². The predicted octanol–water partition coefficient (Wildman–Crippen LogP) is 1.57. The van der Waals surface area contributed by atoms with Gasteiger partial charge in [-0.2, -0.15) is 0 Å². The maximum absolute atomic E-state index is 11.3. The molecule has 0 saturated heterocycles. The van der Waals surface area contributed by atoms with Gasteiger partial charge in [-0.3, -0.25) is 4.57 Å². The molecule has 0 N–H and O–H groups in total. The molecule has 4 nitrogen and oxygen atoms in total. The number of rotatable bonds is 2. The fourth-order valence-corrected chi connectivity index (χ4v) is 1.85. The standard InChI is InChI=1S/C8H8NO3P/c1-11-13(10)7-2-3-8-6(4-7)5-9-12-8/h2-5,13H,1H3. The molecule has 1 aromatic heterocycles. The van der Waals surface area contributed by atoms with E-state index in [1.165, 1.54) is 7.11 Å². The number of hydrogen-bond donors (Lipinski definition) is 0. The van der Waals surface area contributed by atoms with Crippen LogP contribution < -0.4 is 5.30 Å². The Labute approximate surface area is 75.3 Å². The lowest BCUT2D eigenvalue weighted by Crippen LogP contribution is -1.94. The minimum atomic E-state index is -2.09. The molecule has 1 aromatic carbocycles. The first-order valence-corrected chi connectivity index (χ1v) is 5.05. The monoisotopic (exact) mass is 197 g/mol. The molecule has 13 heavy (non-hydrogen) atoms. The number of benzene rings is 1. The van der Waals surface area contributed by atoms with Crippen molar-refractivity contribution < 1.29 is 13.6 Å². The molecule has 5 heteroatoms. The lowest BCUT2D eigenvalue weighted by atomic mass is 10.3. The van der Waals surface area contributed by atoms with Gasteiger partial charge in [0.1, 0.15) is 0 Å². The molecule has 68 valence electrons. The molecule has 1 heterocycles. The smallest absolute Gasteiger partial charge is 0.220 e. The van der Waals surface area contributed by atoms with Crippen molar-refractivity contribution in [3.05, 3.63) is 24.4 Å². The summed E-state index contributed by atoms with van der Waals surface area (Å²) in [4.78, 5) is 0. The molecular weight excluding hydrogens is 189 g/mol. The second kappa shape index (κ2) is 3.32. The minimum Gasteiger partial charge on any atom is -0.356 e. The Morgan fingerprint density at radius 3 is 3.15 bits per heavy atom. The first-order chi connectivity index (χ1) is 6.31. The molecule has 1 atom stereocenters. The van der Waals surface area contributed by atoms with Crippen molar-refractivity contribution >= 4 is 24.3 Å². The van der Waals surface area contributed by atoms with Crippen LogP contribution in [0, 0.1) is 0 Å². The van der Waals surface area contributed by atoms with E-state index in [1.807, 2.05) is 0 Å². The normalized spacial score (nSPS) is 13.3. The van der Waals surface area contributed by atoms with E-state index in [0.717, 1.165) is 5.39 Å². The molecule has 0 spiro atoms. The third kappa shape index (κ3) is 1.50. The highest BCUT2D eigenvalue weighted by molar-refractivity contribution is 7.48. The zero-order valence-corrected chi connectivity index (χ0v) is 7.98. The third-order valence-corrected chi connectivity index (χ3v) is 2.93. The summed E-state index contributed by atoms with van der Waals surface area (Å²) in [6.07, 6.45) is 1.59. The lowest BCUT2D eigenvalue weighted by molar-refractivity contribution is 0.423. The van der Waals surface area contributed by atoms with Crippen molar-refractivity contribution in [2.24, 2.45) is 0 Å². The van der Waals surface area contributed by atoms with Gasteiger partial charge >= 0.3 is 0 Å². The highest BCUT2D eigenvalue weighted by Gasteiger charge is 2.04. The second-order valence-corrected chi connectivity index (χ2v) is 4.13. The van der Waals surface area contributed by atoms with Gasteiger partial charge in [0, 0.05) is 17.8 Å². The average molecular weight is 197 g/mol. The molecule has 0 aliphatic rings. The van der Waals surface area contributed by atoms with E-state index in [-0.39, 0.29) is 0 Å². The van der Waals surface area contributed by atoms with Crippen molar-refractivity contribution in [1.29, 1.82) is 0 Å². The van der Waals surface area contributed by atoms with Crippen molar-refractivity contribution in [1.82, 2.24) is 5.16 Å². The third-order valence-electron chi connectivity index (χ3n) is 1.77. The van der Waals surface area contributed by atoms with E-state index < -0.39 is 8.03 Å². The van der Waals surface area contributed by atoms with Crippen LogP contribution in [0.2, 0.25) is 0 Å². The molecule has 2 rings (SSSR count). The molecule has 0 saturated carbocycles. The SMILES string of the molecule is CO[PH](=O)c1ccc2oncc2c1. The van der Waals surface area contributed by atoms with Crippen molar-refractivity contribution in [3.8, 4) is 0 Å². The summed E-state index contributed by atoms with van der Waals surface area (Å²) in [7, 11) is -0.665. The molecular formula is C8H8NO3P. The van der Waals surface area contributed by atoms with Crippen LogP contribution in [0.4, 0.5) is 0 Å². The fraction of sp³-hybridized carbons (Fsp3) is 0.125. The van der Waals surface area contributed by atoms with Crippen LogP contribution in [0.25, 0.3) is 11.0 Å².